The molecule has 3 aromatic carbocycles. The Morgan fingerprint density at radius 1 is 0.838 bits per heavy atom. The summed E-state index contributed by atoms with van der Waals surface area (Å²) in [5.41, 5.74) is 0.965. The zero-order valence-electron chi connectivity index (χ0n) is 20.4. The Morgan fingerprint density at radius 3 is 1.97 bits per heavy atom. The van der Waals surface area contributed by atoms with Crippen LogP contribution in [-0.2, 0) is 31.3 Å². The van der Waals surface area contributed by atoms with Gasteiger partial charge in [-0.25, -0.2) is 16.8 Å². The molecule has 0 spiro atoms. The minimum absolute atomic E-state index is 0.0467. The van der Waals surface area contributed by atoms with Gasteiger partial charge in [0, 0.05) is 26.2 Å². The summed E-state index contributed by atoms with van der Waals surface area (Å²) in [4.78, 5) is 13.5. The number of benzene rings is 3. The highest BCUT2D eigenvalue weighted by Gasteiger charge is 2.43. The number of piperazine rings is 1. The van der Waals surface area contributed by atoms with Crippen LogP contribution in [0.4, 0.5) is 0 Å². The standard InChI is InChI=1S/C26H29N3O6S2/c1-35-22-14-12-21(13-15-22)16-17-27-26(30)25-20-28(36(31,32)23-8-4-2-5-9-23)18-19-29(25)37(33,34)24-10-6-3-7-11-24/h2-15,25H,16-20H2,1H3,(H,27,30). The Bertz CT molecular complexity index is 1410. The van der Waals surface area contributed by atoms with Gasteiger partial charge in [-0.3, -0.25) is 4.79 Å². The van der Waals surface area contributed by atoms with E-state index in [2.05, 4.69) is 5.32 Å². The molecule has 1 saturated heterocycles. The molecule has 9 nitrogen and oxygen atoms in total. The Kier molecular flexibility index (Phi) is 8.28. The van der Waals surface area contributed by atoms with Crippen molar-refractivity contribution in [2.75, 3.05) is 33.3 Å². The second-order valence-corrected chi connectivity index (χ2v) is 12.3. The number of carbonyl (C=O) groups excluding carboxylic acids is 1. The molecule has 0 aliphatic carbocycles. The second-order valence-electron chi connectivity index (χ2n) is 8.51. The molecule has 0 radical (unpaired) electrons. The summed E-state index contributed by atoms with van der Waals surface area (Å²) >= 11 is 0. The van der Waals surface area contributed by atoms with Gasteiger partial charge >= 0.3 is 0 Å². The van der Waals surface area contributed by atoms with Gasteiger partial charge in [-0.2, -0.15) is 8.61 Å². The molecule has 1 atom stereocenters. The van der Waals surface area contributed by atoms with Crippen LogP contribution in [0.25, 0.3) is 0 Å². The van der Waals surface area contributed by atoms with Crippen molar-refractivity contribution < 1.29 is 26.4 Å². The van der Waals surface area contributed by atoms with E-state index in [1.165, 1.54) is 28.6 Å². The molecule has 1 aliphatic rings. The number of sulfonamides is 2. The summed E-state index contributed by atoms with van der Waals surface area (Å²) in [6.45, 7) is -0.261. The van der Waals surface area contributed by atoms with Gasteiger partial charge in [0.25, 0.3) is 0 Å². The molecule has 196 valence electrons. The molecule has 1 amide bonds. The van der Waals surface area contributed by atoms with Crippen LogP contribution in [0.15, 0.2) is 94.7 Å². The van der Waals surface area contributed by atoms with E-state index in [0.29, 0.717) is 6.42 Å². The van der Waals surface area contributed by atoms with E-state index in [-0.39, 0.29) is 36.0 Å². The van der Waals surface area contributed by atoms with Crippen molar-refractivity contribution >= 4 is 26.0 Å². The fraction of sp³-hybridized carbons (Fsp3) is 0.269. The van der Waals surface area contributed by atoms with Crippen LogP contribution in [-0.4, -0.2) is 70.7 Å². The van der Waals surface area contributed by atoms with Gasteiger partial charge in [0.05, 0.1) is 16.9 Å². The molecule has 0 saturated carbocycles. The number of methoxy groups -OCH3 is 1. The van der Waals surface area contributed by atoms with E-state index in [9.17, 15) is 21.6 Å². The molecule has 3 aromatic rings. The van der Waals surface area contributed by atoms with Gasteiger partial charge in [-0.1, -0.05) is 48.5 Å². The Hall–Kier alpha value is -3.25. The van der Waals surface area contributed by atoms with Crippen molar-refractivity contribution in [3.63, 3.8) is 0 Å². The molecule has 37 heavy (non-hydrogen) atoms. The highest BCUT2D eigenvalue weighted by molar-refractivity contribution is 7.89. The maximum absolute atomic E-state index is 13.5. The van der Waals surface area contributed by atoms with Crippen molar-refractivity contribution in [3.8, 4) is 5.75 Å². The van der Waals surface area contributed by atoms with Gasteiger partial charge in [-0.05, 0) is 48.4 Å². The highest BCUT2D eigenvalue weighted by Crippen LogP contribution is 2.25. The monoisotopic (exact) mass is 543 g/mol. The molecular formula is C26H29N3O6S2. The largest absolute Gasteiger partial charge is 0.497 e. The first-order valence-electron chi connectivity index (χ1n) is 11.8. The molecule has 1 fully saturated rings. The Balaban J connectivity index is 1.55. The number of ether oxygens (including phenoxy) is 1. The molecule has 1 heterocycles. The predicted molar refractivity (Wildman–Crippen MR) is 139 cm³/mol. The quantitative estimate of drug-likeness (QED) is 0.442. The van der Waals surface area contributed by atoms with Crippen molar-refractivity contribution in [2.45, 2.75) is 22.3 Å². The van der Waals surface area contributed by atoms with E-state index >= 15 is 0 Å². The van der Waals surface area contributed by atoms with E-state index < -0.39 is 32.0 Å². The van der Waals surface area contributed by atoms with Crippen LogP contribution in [0.1, 0.15) is 5.56 Å². The van der Waals surface area contributed by atoms with Gasteiger partial charge < -0.3 is 10.1 Å². The van der Waals surface area contributed by atoms with Crippen molar-refractivity contribution in [1.29, 1.82) is 0 Å². The minimum atomic E-state index is -4.04. The van der Waals surface area contributed by atoms with Crippen LogP contribution < -0.4 is 10.1 Å². The number of nitrogens with one attached hydrogen (secondary N) is 1. The lowest BCUT2D eigenvalue weighted by Gasteiger charge is -2.39. The molecular weight excluding hydrogens is 514 g/mol. The smallest absolute Gasteiger partial charge is 0.243 e. The van der Waals surface area contributed by atoms with Crippen molar-refractivity contribution in [3.05, 3.63) is 90.5 Å². The normalized spacial score (nSPS) is 17.3. The first-order valence-corrected chi connectivity index (χ1v) is 14.6. The molecule has 4 rings (SSSR count). The number of hydrogen-bond donors (Lipinski definition) is 1. The molecule has 1 unspecified atom stereocenters. The third-order valence-corrected chi connectivity index (χ3v) is 10.0. The molecule has 1 N–H and O–H groups in total. The first kappa shape index (κ1) is 26.8. The van der Waals surface area contributed by atoms with Gasteiger partial charge in [-0.15, -0.1) is 0 Å². The molecule has 1 aliphatic heterocycles. The second kappa shape index (κ2) is 11.4. The van der Waals surface area contributed by atoms with Crippen LogP contribution in [0, 0.1) is 0 Å². The fourth-order valence-corrected chi connectivity index (χ4v) is 7.22. The SMILES string of the molecule is COc1ccc(CCNC(=O)C2CN(S(=O)(=O)c3ccccc3)CCN2S(=O)(=O)c2ccccc2)cc1. The van der Waals surface area contributed by atoms with E-state index in [1.807, 2.05) is 24.3 Å². The summed E-state index contributed by atoms with van der Waals surface area (Å²) in [6, 6.07) is 21.9. The van der Waals surface area contributed by atoms with Crippen LogP contribution >= 0.6 is 0 Å². The van der Waals surface area contributed by atoms with Gasteiger partial charge in [0.1, 0.15) is 11.8 Å². The topological polar surface area (TPSA) is 113 Å². The fourth-order valence-electron chi connectivity index (χ4n) is 4.17. The molecule has 11 heteroatoms. The lowest BCUT2D eigenvalue weighted by Crippen LogP contribution is -2.61. The average Bonchev–Trinajstić information content (AvgIpc) is 2.94. The van der Waals surface area contributed by atoms with Crippen LogP contribution in [0.2, 0.25) is 0 Å². The maximum Gasteiger partial charge on any atom is 0.243 e. The number of amides is 1. The third-order valence-electron chi connectivity index (χ3n) is 6.20. The summed E-state index contributed by atoms with van der Waals surface area (Å²) in [5.74, 6) is 0.164. The zero-order valence-corrected chi connectivity index (χ0v) is 22.0. The lowest BCUT2D eigenvalue weighted by molar-refractivity contribution is -0.125. The average molecular weight is 544 g/mol. The first-order chi connectivity index (χ1) is 17.7. The van der Waals surface area contributed by atoms with E-state index in [4.69, 9.17) is 4.74 Å². The van der Waals surface area contributed by atoms with Crippen LogP contribution in [0.5, 0.6) is 5.75 Å². The summed E-state index contributed by atoms with van der Waals surface area (Å²) < 4.78 is 60.8. The van der Waals surface area contributed by atoms with Gasteiger partial charge in [0.15, 0.2) is 0 Å². The van der Waals surface area contributed by atoms with Crippen LogP contribution in [0.3, 0.4) is 0 Å². The maximum atomic E-state index is 13.5. The molecule has 0 bridgehead atoms. The highest BCUT2D eigenvalue weighted by atomic mass is 32.2. The number of nitrogens with zero attached hydrogens (tertiary/aromatic N) is 2. The van der Waals surface area contributed by atoms with Crippen molar-refractivity contribution in [1.82, 2.24) is 13.9 Å². The predicted octanol–water partition coefficient (Wildman–Crippen LogP) is 2.12. The number of rotatable bonds is 9. The lowest BCUT2D eigenvalue weighted by atomic mass is 10.1. The molecule has 0 aromatic heterocycles. The van der Waals surface area contributed by atoms with E-state index in [0.717, 1.165) is 15.6 Å². The van der Waals surface area contributed by atoms with E-state index in [1.54, 1.807) is 43.5 Å². The summed E-state index contributed by atoms with van der Waals surface area (Å²) in [5, 5.41) is 2.80. The summed E-state index contributed by atoms with van der Waals surface area (Å²) in [7, 11) is -6.37. The summed E-state index contributed by atoms with van der Waals surface area (Å²) in [6.07, 6.45) is 0.514. The number of hydrogen-bond acceptors (Lipinski definition) is 6. The minimum Gasteiger partial charge on any atom is -0.497 e. The Labute approximate surface area is 217 Å². The van der Waals surface area contributed by atoms with Gasteiger partial charge in [0.2, 0.25) is 26.0 Å². The third kappa shape index (κ3) is 6.02. The number of carbonyl (C=O) groups is 1. The van der Waals surface area contributed by atoms with Crippen molar-refractivity contribution in [2.24, 2.45) is 0 Å². The Morgan fingerprint density at radius 2 is 1.41 bits per heavy atom. The zero-order chi connectivity index (χ0) is 26.5.